The van der Waals surface area contributed by atoms with Crippen LogP contribution in [-0.4, -0.2) is 50.1 Å². The Kier molecular flexibility index (Phi) is 7.35. The van der Waals surface area contributed by atoms with E-state index in [4.69, 9.17) is 11.6 Å². The van der Waals surface area contributed by atoms with E-state index in [0.29, 0.717) is 5.02 Å². The Hall–Kier alpha value is -0.810. The van der Waals surface area contributed by atoms with E-state index in [1.165, 1.54) is 0 Å². The summed E-state index contributed by atoms with van der Waals surface area (Å²) in [5.74, 6) is 0.174. The molecule has 4 nitrogen and oxygen atoms in total. The van der Waals surface area contributed by atoms with Gasteiger partial charge in [0.05, 0.1) is 5.41 Å². The minimum absolute atomic E-state index is 0. The van der Waals surface area contributed by atoms with Gasteiger partial charge in [-0.1, -0.05) is 36.6 Å². The predicted octanol–water partition coefficient (Wildman–Crippen LogP) is 2.60. The van der Waals surface area contributed by atoms with Crippen LogP contribution in [0.25, 0.3) is 0 Å². The first kappa shape index (κ1) is 19.5. The molecule has 0 unspecified atom stereocenters. The Bertz CT molecular complexity index is 541. The quantitative estimate of drug-likeness (QED) is 0.835. The van der Waals surface area contributed by atoms with E-state index in [1.807, 2.05) is 24.3 Å². The van der Waals surface area contributed by atoms with Crippen molar-refractivity contribution in [2.24, 2.45) is 0 Å². The van der Waals surface area contributed by atoms with E-state index >= 15 is 0 Å². The second-order valence-electron chi connectivity index (χ2n) is 6.65. The van der Waals surface area contributed by atoms with Crippen molar-refractivity contribution in [3.63, 3.8) is 0 Å². The van der Waals surface area contributed by atoms with Crippen molar-refractivity contribution >= 4 is 29.9 Å². The van der Waals surface area contributed by atoms with Crippen LogP contribution in [0.4, 0.5) is 0 Å². The lowest BCUT2D eigenvalue weighted by Crippen LogP contribution is -2.48. The second kappa shape index (κ2) is 9.04. The molecule has 2 aliphatic rings. The number of nitrogens with zero attached hydrogens (tertiary/aromatic N) is 1. The van der Waals surface area contributed by atoms with Gasteiger partial charge >= 0.3 is 0 Å². The van der Waals surface area contributed by atoms with E-state index < -0.39 is 0 Å². The van der Waals surface area contributed by atoms with E-state index in [2.05, 4.69) is 15.5 Å². The minimum Gasteiger partial charge on any atom is -0.354 e. The third kappa shape index (κ3) is 4.42. The first-order chi connectivity index (χ1) is 11.2. The maximum atomic E-state index is 12.9. The number of halogens is 2. The lowest BCUT2D eigenvalue weighted by atomic mass is 9.78. The fourth-order valence-corrected chi connectivity index (χ4v) is 4.03. The molecule has 0 radical (unpaired) electrons. The summed E-state index contributed by atoms with van der Waals surface area (Å²) in [7, 11) is 0. The average Bonchev–Trinajstić information content (AvgIpc) is 3.07. The van der Waals surface area contributed by atoms with Crippen molar-refractivity contribution in [2.75, 3.05) is 39.3 Å². The van der Waals surface area contributed by atoms with Gasteiger partial charge in [0.15, 0.2) is 0 Å². The summed E-state index contributed by atoms with van der Waals surface area (Å²) in [4.78, 5) is 15.3. The zero-order valence-corrected chi connectivity index (χ0v) is 15.6. The van der Waals surface area contributed by atoms with Crippen molar-refractivity contribution in [3.8, 4) is 0 Å². The lowest BCUT2D eigenvalue weighted by Gasteiger charge is -2.30. The van der Waals surface area contributed by atoms with E-state index in [0.717, 1.165) is 70.5 Å². The molecule has 0 aromatic heterocycles. The Balaban J connectivity index is 0.00000208. The molecular formula is C18H27Cl2N3O. The highest BCUT2D eigenvalue weighted by Gasteiger charge is 2.42. The summed E-state index contributed by atoms with van der Waals surface area (Å²) >= 11 is 6.15. The fraction of sp³-hybridized carbons (Fsp3) is 0.611. The molecule has 1 aliphatic heterocycles. The normalized spacial score (nSPS) is 20.4. The number of hydrogen-bond donors (Lipinski definition) is 2. The summed E-state index contributed by atoms with van der Waals surface area (Å²) in [6, 6.07) is 7.83. The number of hydrogen-bond acceptors (Lipinski definition) is 3. The van der Waals surface area contributed by atoms with Gasteiger partial charge in [0.2, 0.25) is 5.91 Å². The molecule has 2 fully saturated rings. The van der Waals surface area contributed by atoms with Crippen LogP contribution in [0.3, 0.4) is 0 Å². The zero-order valence-electron chi connectivity index (χ0n) is 14.0. The van der Waals surface area contributed by atoms with E-state index in [9.17, 15) is 4.79 Å². The first-order valence-corrected chi connectivity index (χ1v) is 9.06. The first-order valence-electron chi connectivity index (χ1n) is 8.68. The Morgan fingerprint density at radius 1 is 1.25 bits per heavy atom. The molecule has 1 saturated carbocycles. The molecule has 1 saturated heterocycles. The number of rotatable bonds is 5. The summed E-state index contributed by atoms with van der Waals surface area (Å²) in [6.45, 7) is 5.87. The molecule has 134 valence electrons. The van der Waals surface area contributed by atoms with Gasteiger partial charge in [-0.2, -0.15) is 0 Å². The number of carbonyl (C=O) groups is 1. The third-order valence-electron chi connectivity index (χ3n) is 5.19. The molecule has 0 atom stereocenters. The van der Waals surface area contributed by atoms with Crippen LogP contribution in [0.5, 0.6) is 0 Å². The zero-order chi connectivity index (χ0) is 16.1. The molecule has 3 rings (SSSR count). The molecule has 6 heteroatoms. The minimum atomic E-state index is -0.381. The van der Waals surface area contributed by atoms with E-state index in [1.54, 1.807) is 0 Å². The van der Waals surface area contributed by atoms with Crippen LogP contribution < -0.4 is 10.6 Å². The molecule has 0 bridgehead atoms. The van der Waals surface area contributed by atoms with Gasteiger partial charge in [-0.05, 0) is 30.5 Å². The van der Waals surface area contributed by atoms with Crippen molar-refractivity contribution in [1.82, 2.24) is 15.5 Å². The van der Waals surface area contributed by atoms with Crippen molar-refractivity contribution < 1.29 is 4.79 Å². The molecule has 0 spiro atoms. The van der Waals surface area contributed by atoms with Crippen LogP contribution in [0, 0.1) is 0 Å². The summed E-state index contributed by atoms with van der Waals surface area (Å²) in [6.07, 6.45) is 4.06. The summed E-state index contributed by atoms with van der Waals surface area (Å²) < 4.78 is 0. The molecular weight excluding hydrogens is 345 g/mol. The molecule has 1 heterocycles. The smallest absolute Gasteiger partial charge is 0.230 e. The number of carbonyl (C=O) groups excluding carboxylic acids is 1. The monoisotopic (exact) mass is 371 g/mol. The Labute approximate surface area is 155 Å². The van der Waals surface area contributed by atoms with Gasteiger partial charge in [-0.25, -0.2) is 0 Å². The van der Waals surface area contributed by atoms with Gasteiger partial charge in [0, 0.05) is 44.3 Å². The SMILES string of the molecule is Cl.O=C(NCCN1CCNCC1)C1(c2cccc(Cl)c2)CCCC1. The van der Waals surface area contributed by atoms with Crippen molar-refractivity contribution in [2.45, 2.75) is 31.1 Å². The highest BCUT2D eigenvalue weighted by molar-refractivity contribution is 6.30. The average molecular weight is 372 g/mol. The van der Waals surface area contributed by atoms with Gasteiger partial charge in [0.25, 0.3) is 0 Å². The fourth-order valence-electron chi connectivity index (χ4n) is 3.84. The second-order valence-corrected chi connectivity index (χ2v) is 7.08. The summed E-state index contributed by atoms with van der Waals surface area (Å²) in [5, 5.41) is 7.25. The number of benzene rings is 1. The topological polar surface area (TPSA) is 44.4 Å². The van der Waals surface area contributed by atoms with Crippen LogP contribution in [0.2, 0.25) is 5.02 Å². The largest absolute Gasteiger partial charge is 0.354 e. The van der Waals surface area contributed by atoms with Gasteiger partial charge in [0.1, 0.15) is 0 Å². The van der Waals surface area contributed by atoms with E-state index in [-0.39, 0.29) is 23.7 Å². The molecule has 1 aromatic carbocycles. The number of nitrogens with one attached hydrogen (secondary N) is 2. The molecule has 1 aromatic rings. The van der Waals surface area contributed by atoms with Gasteiger partial charge in [-0.3, -0.25) is 9.69 Å². The van der Waals surface area contributed by atoms with Crippen LogP contribution in [0.1, 0.15) is 31.2 Å². The molecule has 1 amide bonds. The van der Waals surface area contributed by atoms with Crippen LogP contribution in [-0.2, 0) is 10.2 Å². The van der Waals surface area contributed by atoms with Crippen molar-refractivity contribution in [3.05, 3.63) is 34.9 Å². The standard InChI is InChI=1S/C18H26ClN3O.ClH/c19-16-5-3-4-15(14-16)18(6-1-2-7-18)17(23)21-10-13-22-11-8-20-9-12-22;/h3-5,14,20H,1-2,6-13H2,(H,21,23);1H. The molecule has 1 aliphatic carbocycles. The molecule has 24 heavy (non-hydrogen) atoms. The Morgan fingerprint density at radius 3 is 2.62 bits per heavy atom. The number of piperazine rings is 1. The molecule has 2 N–H and O–H groups in total. The number of amides is 1. The highest BCUT2D eigenvalue weighted by Crippen LogP contribution is 2.41. The van der Waals surface area contributed by atoms with Gasteiger partial charge < -0.3 is 10.6 Å². The van der Waals surface area contributed by atoms with Gasteiger partial charge in [-0.15, -0.1) is 12.4 Å². The summed E-state index contributed by atoms with van der Waals surface area (Å²) in [5.41, 5.74) is 0.691. The van der Waals surface area contributed by atoms with Crippen LogP contribution in [0.15, 0.2) is 24.3 Å². The van der Waals surface area contributed by atoms with Crippen LogP contribution >= 0.6 is 24.0 Å². The highest BCUT2D eigenvalue weighted by atomic mass is 35.5. The third-order valence-corrected chi connectivity index (χ3v) is 5.43. The lowest BCUT2D eigenvalue weighted by molar-refractivity contribution is -0.126. The maximum absolute atomic E-state index is 12.9. The maximum Gasteiger partial charge on any atom is 0.230 e. The Morgan fingerprint density at radius 2 is 1.96 bits per heavy atom. The van der Waals surface area contributed by atoms with Crippen molar-refractivity contribution in [1.29, 1.82) is 0 Å². The predicted molar refractivity (Wildman–Crippen MR) is 101 cm³/mol.